The normalized spacial score (nSPS) is 11.0. The SMILES string of the molecule is CCCCCCc1cccc(Cc2cccc(CCCCCC)c2)c1. The molecule has 0 aromatic heterocycles. The van der Waals surface area contributed by atoms with Gasteiger partial charge in [-0.15, -0.1) is 0 Å². The first-order valence-corrected chi connectivity index (χ1v) is 10.5. The van der Waals surface area contributed by atoms with E-state index in [0.29, 0.717) is 0 Å². The Morgan fingerprint density at radius 1 is 0.520 bits per heavy atom. The Hall–Kier alpha value is -1.56. The number of rotatable bonds is 12. The van der Waals surface area contributed by atoms with Gasteiger partial charge in [-0.25, -0.2) is 0 Å². The number of benzene rings is 2. The monoisotopic (exact) mass is 336 g/mol. The Morgan fingerprint density at radius 2 is 0.960 bits per heavy atom. The molecule has 0 spiro atoms. The molecule has 0 radical (unpaired) electrons. The van der Waals surface area contributed by atoms with Crippen LogP contribution in [0.1, 0.15) is 87.5 Å². The van der Waals surface area contributed by atoms with Crippen molar-refractivity contribution in [3.05, 3.63) is 70.8 Å². The summed E-state index contributed by atoms with van der Waals surface area (Å²) in [7, 11) is 0. The van der Waals surface area contributed by atoms with Crippen molar-refractivity contribution in [2.75, 3.05) is 0 Å². The Bertz CT molecular complexity index is 543. The molecule has 2 aromatic carbocycles. The van der Waals surface area contributed by atoms with Crippen LogP contribution in [0.2, 0.25) is 0 Å². The zero-order valence-corrected chi connectivity index (χ0v) is 16.4. The molecule has 2 aromatic rings. The van der Waals surface area contributed by atoms with Gasteiger partial charge in [-0.3, -0.25) is 0 Å². The Balaban J connectivity index is 1.88. The molecule has 0 aliphatic carbocycles. The van der Waals surface area contributed by atoms with Crippen molar-refractivity contribution in [2.45, 2.75) is 84.5 Å². The third-order valence-electron chi connectivity index (χ3n) is 5.03. The first kappa shape index (κ1) is 19.8. The number of hydrogen-bond donors (Lipinski definition) is 0. The average Bonchev–Trinajstić information content (AvgIpc) is 2.63. The Labute approximate surface area is 155 Å². The van der Waals surface area contributed by atoms with Crippen LogP contribution in [0, 0.1) is 0 Å². The summed E-state index contributed by atoms with van der Waals surface area (Å²) in [4.78, 5) is 0. The van der Waals surface area contributed by atoms with E-state index in [1.165, 1.54) is 86.5 Å². The van der Waals surface area contributed by atoms with Gasteiger partial charge >= 0.3 is 0 Å². The van der Waals surface area contributed by atoms with Crippen LogP contribution in [0.15, 0.2) is 48.5 Å². The van der Waals surface area contributed by atoms with Gasteiger partial charge in [0.05, 0.1) is 0 Å². The lowest BCUT2D eigenvalue weighted by Crippen LogP contribution is -1.93. The maximum Gasteiger partial charge on any atom is -0.00256 e. The zero-order valence-electron chi connectivity index (χ0n) is 16.4. The molecule has 0 aliphatic heterocycles. The second kappa shape index (κ2) is 11.9. The highest BCUT2D eigenvalue weighted by Crippen LogP contribution is 2.16. The number of hydrogen-bond acceptors (Lipinski definition) is 0. The molecule has 0 amide bonds. The van der Waals surface area contributed by atoms with E-state index in [1.54, 1.807) is 0 Å². The van der Waals surface area contributed by atoms with Crippen molar-refractivity contribution < 1.29 is 0 Å². The maximum atomic E-state index is 2.42. The maximum absolute atomic E-state index is 2.42. The molecule has 0 bridgehead atoms. The van der Waals surface area contributed by atoms with E-state index in [9.17, 15) is 0 Å². The number of unbranched alkanes of at least 4 members (excludes halogenated alkanes) is 6. The van der Waals surface area contributed by atoms with E-state index in [4.69, 9.17) is 0 Å². The van der Waals surface area contributed by atoms with Crippen LogP contribution in [-0.2, 0) is 19.3 Å². The summed E-state index contributed by atoms with van der Waals surface area (Å²) < 4.78 is 0. The fourth-order valence-electron chi connectivity index (χ4n) is 3.54. The van der Waals surface area contributed by atoms with Gasteiger partial charge in [0, 0.05) is 0 Å². The molecule has 0 heteroatoms. The van der Waals surface area contributed by atoms with Crippen molar-refractivity contribution in [1.29, 1.82) is 0 Å². The van der Waals surface area contributed by atoms with Gasteiger partial charge in [-0.05, 0) is 54.4 Å². The van der Waals surface area contributed by atoms with Crippen LogP contribution in [0.3, 0.4) is 0 Å². The fraction of sp³-hybridized carbons (Fsp3) is 0.520. The molecular formula is C25H36. The van der Waals surface area contributed by atoms with Gasteiger partial charge in [-0.2, -0.15) is 0 Å². The minimum Gasteiger partial charge on any atom is -0.0654 e. The summed E-state index contributed by atoms with van der Waals surface area (Å²) in [6.45, 7) is 4.55. The first-order valence-electron chi connectivity index (χ1n) is 10.5. The molecule has 2 rings (SSSR count). The molecule has 0 heterocycles. The summed E-state index contributed by atoms with van der Waals surface area (Å²) in [6.07, 6.45) is 14.2. The Morgan fingerprint density at radius 3 is 1.40 bits per heavy atom. The van der Waals surface area contributed by atoms with Crippen LogP contribution in [0.4, 0.5) is 0 Å². The topological polar surface area (TPSA) is 0 Å². The summed E-state index contributed by atoms with van der Waals surface area (Å²) in [5.41, 5.74) is 5.92. The minimum absolute atomic E-state index is 1.06. The highest BCUT2D eigenvalue weighted by Gasteiger charge is 2.01. The van der Waals surface area contributed by atoms with E-state index in [-0.39, 0.29) is 0 Å². The summed E-state index contributed by atoms with van der Waals surface area (Å²) >= 11 is 0. The average molecular weight is 337 g/mol. The molecule has 25 heavy (non-hydrogen) atoms. The second-order valence-corrected chi connectivity index (χ2v) is 7.44. The molecule has 136 valence electrons. The summed E-state index contributed by atoms with van der Waals surface area (Å²) in [5, 5.41) is 0. The quantitative estimate of drug-likeness (QED) is 0.351. The molecule has 0 N–H and O–H groups in total. The summed E-state index contributed by atoms with van der Waals surface area (Å²) in [5.74, 6) is 0. The third kappa shape index (κ3) is 7.90. The van der Waals surface area contributed by atoms with Crippen LogP contribution in [0.5, 0.6) is 0 Å². The zero-order chi connectivity index (χ0) is 17.7. The van der Waals surface area contributed by atoms with E-state index >= 15 is 0 Å². The predicted octanol–water partition coefficient (Wildman–Crippen LogP) is 7.52. The van der Waals surface area contributed by atoms with Crippen molar-refractivity contribution >= 4 is 0 Å². The molecule has 0 aliphatic rings. The Kier molecular flexibility index (Phi) is 9.41. The fourth-order valence-corrected chi connectivity index (χ4v) is 3.54. The highest BCUT2D eigenvalue weighted by molar-refractivity contribution is 5.32. The van der Waals surface area contributed by atoms with Crippen molar-refractivity contribution in [2.24, 2.45) is 0 Å². The molecule has 0 atom stereocenters. The van der Waals surface area contributed by atoms with Gasteiger partial charge < -0.3 is 0 Å². The van der Waals surface area contributed by atoms with Crippen LogP contribution < -0.4 is 0 Å². The molecule has 0 nitrogen and oxygen atoms in total. The van der Waals surface area contributed by atoms with Gasteiger partial charge in [-0.1, -0.05) is 101 Å². The predicted molar refractivity (Wildman–Crippen MR) is 111 cm³/mol. The molecular weight excluding hydrogens is 300 g/mol. The van der Waals surface area contributed by atoms with E-state index in [0.717, 1.165) is 6.42 Å². The standard InChI is InChI=1S/C25H36/c1-3-5-7-9-13-22-15-11-17-24(19-22)21-25-18-12-16-23(20-25)14-10-8-6-4-2/h11-12,15-20H,3-10,13-14,21H2,1-2H3. The van der Waals surface area contributed by atoms with E-state index in [1.807, 2.05) is 0 Å². The number of aryl methyl sites for hydroxylation is 2. The van der Waals surface area contributed by atoms with Gasteiger partial charge in [0.2, 0.25) is 0 Å². The van der Waals surface area contributed by atoms with E-state index < -0.39 is 0 Å². The largest absolute Gasteiger partial charge is 0.0654 e. The van der Waals surface area contributed by atoms with Crippen molar-refractivity contribution in [3.8, 4) is 0 Å². The van der Waals surface area contributed by atoms with Gasteiger partial charge in [0.15, 0.2) is 0 Å². The lowest BCUT2D eigenvalue weighted by Gasteiger charge is -2.08. The third-order valence-corrected chi connectivity index (χ3v) is 5.03. The smallest absolute Gasteiger partial charge is 0.00256 e. The molecule has 0 saturated carbocycles. The molecule has 0 saturated heterocycles. The van der Waals surface area contributed by atoms with Gasteiger partial charge in [0.25, 0.3) is 0 Å². The van der Waals surface area contributed by atoms with Crippen LogP contribution in [0.25, 0.3) is 0 Å². The summed E-state index contributed by atoms with van der Waals surface area (Å²) in [6, 6.07) is 18.4. The van der Waals surface area contributed by atoms with E-state index in [2.05, 4.69) is 62.4 Å². The van der Waals surface area contributed by atoms with Crippen molar-refractivity contribution in [1.82, 2.24) is 0 Å². The lowest BCUT2D eigenvalue weighted by molar-refractivity contribution is 0.666. The molecule has 0 fully saturated rings. The minimum atomic E-state index is 1.06. The lowest BCUT2D eigenvalue weighted by atomic mass is 9.98. The van der Waals surface area contributed by atoms with Crippen molar-refractivity contribution in [3.63, 3.8) is 0 Å². The van der Waals surface area contributed by atoms with Gasteiger partial charge in [0.1, 0.15) is 0 Å². The first-order chi connectivity index (χ1) is 12.3. The highest BCUT2D eigenvalue weighted by atomic mass is 14.1. The molecule has 0 unspecified atom stereocenters. The van der Waals surface area contributed by atoms with Crippen LogP contribution in [-0.4, -0.2) is 0 Å². The van der Waals surface area contributed by atoms with Crippen LogP contribution >= 0.6 is 0 Å². The second-order valence-electron chi connectivity index (χ2n) is 7.44.